The van der Waals surface area contributed by atoms with Crippen LogP contribution < -0.4 is 0 Å². The van der Waals surface area contributed by atoms with Crippen LogP contribution in [0.1, 0.15) is 0 Å². The maximum Gasteiger partial charge on any atom is 0.123 e. The van der Waals surface area contributed by atoms with Gasteiger partial charge in [0, 0.05) is 5.33 Å². The molecule has 3 heteroatoms. The molecule has 0 aromatic heterocycles. The molecule has 1 atom stereocenters. The minimum Gasteiger partial charge on any atom is -0.245 e. The third-order valence-corrected chi connectivity index (χ3v) is 1.37. The fourth-order valence-corrected chi connectivity index (χ4v) is 0.643. The van der Waals surface area contributed by atoms with Crippen molar-refractivity contribution in [1.82, 2.24) is 0 Å². The van der Waals surface area contributed by atoms with E-state index < -0.39 is 6.17 Å². The molecule has 0 saturated carbocycles. The molecule has 38 valence electrons. The van der Waals surface area contributed by atoms with Crippen molar-refractivity contribution in [3.63, 3.8) is 0 Å². The molecule has 0 bridgehead atoms. The van der Waals surface area contributed by atoms with Gasteiger partial charge in [0.1, 0.15) is 6.17 Å². The molecule has 0 unspecified atom stereocenters. The fourth-order valence-electron chi connectivity index (χ4n) is 0.0412. The number of alkyl halides is 3. The van der Waals surface area contributed by atoms with Crippen molar-refractivity contribution in [1.29, 1.82) is 0 Å². The molecule has 0 heterocycles. The zero-order valence-corrected chi connectivity index (χ0v) is 5.47. The zero-order valence-electron chi connectivity index (χ0n) is 3.13. The summed E-state index contributed by atoms with van der Waals surface area (Å²) >= 11 is 7.96. The summed E-state index contributed by atoms with van der Waals surface area (Å²) in [5, 5.41) is 0.344. The third-order valence-electron chi connectivity index (χ3n) is 0.335. The van der Waals surface area contributed by atoms with Gasteiger partial charge in [0.05, 0.1) is 5.88 Å². The first kappa shape index (κ1) is 6.70. The van der Waals surface area contributed by atoms with Crippen LogP contribution in [0.5, 0.6) is 0 Å². The van der Waals surface area contributed by atoms with Crippen LogP contribution in [0.4, 0.5) is 4.39 Å². The van der Waals surface area contributed by atoms with E-state index in [1.807, 2.05) is 0 Å². The van der Waals surface area contributed by atoms with Crippen molar-refractivity contribution in [3.8, 4) is 0 Å². The first-order valence-electron chi connectivity index (χ1n) is 1.57. The van der Waals surface area contributed by atoms with E-state index in [-0.39, 0.29) is 5.88 Å². The minimum atomic E-state index is -0.883. The molecule has 0 nitrogen and oxygen atoms in total. The van der Waals surface area contributed by atoms with E-state index in [2.05, 4.69) is 15.9 Å². The lowest BCUT2D eigenvalue weighted by Crippen LogP contribution is -2.00. The average molecular weight is 175 g/mol. The molecule has 0 aliphatic heterocycles. The lowest BCUT2D eigenvalue weighted by molar-refractivity contribution is 0.404. The minimum absolute atomic E-state index is 0.0885. The number of hydrogen-bond donors (Lipinski definition) is 0. The fraction of sp³-hybridized carbons (Fsp3) is 1.00. The summed E-state index contributed by atoms with van der Waals surface area (Å²) in [6, 6.07) is 0. The van der Waals surface area contributed by atoms with Crippen LogP contribution in [0, 0.1) is 0 Å². The van der Waals surface area contributed by atoms with Gasteiger partial charge < -0.3 is 0 Å². The molecule has 0 amide bonds. The Labute approximate surface area is 49.8 Å². The largest absolute Gasteiger partial charge is 0.245 e. The van der Waals surface area contributed by atoms with Crippen LogP contribution in [0.25, 0.3) is 0 Å². The second-order valence-electron chi connectivity index (χ2n) is 0.906. The van der Waals surface area contributed by atoms with Crippen LogP contribution >= 0.6 is 27.5 Å². The maximum absolute atomic E-state index is 11.7. The average Bonchev–Trinajstić information content (AvgIpc) is 1.65. The monoisotopic (exact) mass is 174 g/mol. The Bertz CT molecular complexity index is 30.0. The molecule has 0 saturated heterocycles. The Balaban J connectivity index is 2.75. The summed E-state index contributed by atoms with van der Waals surface area (Å²) in [5.41, 5.74) is 0. The molecular formula is C3H5BrClF. The lowest BCUT2D eigenvalue weighted by atomic mass is 10.5. The van der Waals surface area contributed by atoms with E-state index in [1.54, 1.807) is 0 Å². The van der Waals surface area contributed by atoms with Gasteiger partial charge in [-0.1, -0.05) is 15.9 Å². The van der Waals surface area contributed by atoms with Crippen LogP contribution in [0.3, 0.4) is 0 Å². The van der Waals surface area contributed by atoms with Gasteiger partial charge >= 0.3 is 0 Å². The second kappa shape index (κ2) is 3.88. The van der Waals surface area contributed by atoms with Gasteiger partial charge in [0.25, 0.3) is 0 Å². The van der Waals surface area contributed by atoms with Crippen LogP contribution in [0.2, 0.25) is 0 Å². The first-order valence-corrected chi connectivity index (χ1v) is 3.23. The normalized spacial score (nSPS) is 14.5. The van der Waals surface area contributed by atoms with Crippen molar-refractivity contribution in [2.45, 2.75) is 6.17 Å². The van der Waals surface area contributed by atoms with Gasteiger partial charge in [-0.2, -0.15) is 0 Å². The standard InChI is InChI=1S/C3H5BrClF/c4-1-3(6)2-5/h3H,1-2H2/t3-/m0/s1. The third kappa shape index (κ3) is 2.91. The zero-order chi connectivity index (χ0) is 4.99. The number of rotatable bonds is 2. The van der Waals surface area contributed by atoms with Crippen LogP contribution in [-0.2, 0) is 0 Å². The highest BCUT2D eigenvalue weighted by Crippen LogP contribution is 1.96. The van der Waals surface area contributed by atoms with E-state index in [4.69, 9.17) is 11.6 Å². The smallest absolute Gasteiger partial charge is 0.123 e. The van der Waals surface area contributed by atoms with E-state index in [9.17, 15) is 4.39 Å². The Morgan fingerprint density at radius 1 is 1.83 bits per heavy atom. The van der Waals surface area contributed by atoms with Crippen molar-refractivity contribution < 1.29 is 4.39 Å². The van der Waals surface area contributed by atoms with Crippen molar-refractivity contribution >= 4 is 27.5 Å². The molecule has 0 radical (unpaired) electrons. The quantitative estimate of drug-likeness (QED) is 0.563. The topological polar surface area (TPSA) is 0 Å². The highest BCUT2D eigenvalue weighted by atomic mass is 79.9. The molecule has 0 N–H and O–H groups in total. The van der Waals surface area contributed by atoms with Gasteiger partial charge in [-0.05, 0) is 0 Å². The summed E-state index contributed by atoms with van der Waals surface area (Å²) < 4.78 is 11.7. The van der Waals surface area contributed by atoms with Gasteiger partial charge in [0.15, 0.2) is 0 Å². The summed E-state index contributed by atoms with van der Waals surface area (Å²) in [6.45, 7) is 0. The molecule has 0 aromatic rings. The molecule has 6 heavy (non-hydrogen) atoms. The van der Waals surface area contributed by atoms with E-state index in [1.165, 1.54) is 0 Å². The maximum atomic E-state index is 11.7. The number of hydrogen-bond acceptors (Lipinski definition) is 0. The van der Waals surface area contributed by atoms with Gasteiger partial charge in [-0.3, -0.25) is 0 Å². The van der Waals surface area contributed by atoms with Gasteiger partial charge in [0.2, 0.25) is 0 Å². The van der Waals surface area contributed by atoms with E-state index in [0.717, 1.165) is 0 Å². The predicted octanol–water partition coefficient (Wildman–Crippen LogP) is 1.96. The first-order chi connectivity index (χ1) is 2.81. The molecule has 0 aliphatic rings. The lowest BCUT2D eigenvalue weighted by Gasteiger charge is -1.91. The van der Waals surface area contributed by atoms with Gasteiger partial charge in [-0.15, -0.1) is 11.6 Å². The molecule has 0 spiro atoms. The highest BCUT2D eigenvalue weighted by Gasteiger charge is 1.97. The van der Waals surface area contributed by atoms with Crippen molar-refractivity contribution in [3.05, 3.63) is 0 Å². The Hall–Kier alpha value is 0.700. The van der Waals surface area contributed by atoms with Crippen molar-refractivity contribution in [2.75, 3.05) is 11.2 Å². The summed E-state index contributed by atoms with van der Waals surface area (Å²) in [5.74, 6) is 0.0885. The SMILES string of the molecule is F[C@H](CCl)CBr. The molecule has 0 fully saturated rings. The molecular weight excluding hydrogens is 170 g/mol. The molecule has 0 aromatic carbocycles. The van der Waals surface area contributed by atoms with Gasteiger partial charge in [-0.25, -0.2) is 4.39 Å². The Morgan fingerprint density at radius 2 is 2.33 bits per heavy atom. The van der Waals surface area contributed by atoms with Crippen LogP contribution in [0.15, 0.2) is 0 Å². The van der Waals surface area contributed by atoms with E-state index in [0.29, 0.717) is 5.33 Å². The predicted molar refractivity (Wildman–Crippen MR) is 29.4 cm³/mol. The summed E-state index contributed by atoms with van der Waals surface area (Å²) in [4.78, 5) is 0. The molecule has 0 aliphatic carbocycles. The molecule has 0 rings (SSSR count). The van der Waals surface area contributed by atoms with Crippen molar-refractivity contribution in [2.24, 2.45) is 0 Å². The summed E-state index contributed by atoms with van der Waals surface area (Å²) in [7, 11) is 0. The van der Waals surface area contributed by atoms with E-state index >= 15 is 0 Å². The Kier molecular flexibility index (Phi) is 4.33. The second-order valence-corrected chi connectivity index (χ2v) is 1.86. The number of halogens is 3. The Morgan fingerprint density at radius 3 is 2.33 bits per heavy atom. The van der Waals surface area contributed by atoms with Crippen LogP contribution in [-0.4, -0.2) is 17.4 Å². The highest BCUT2D eigenvalue weighted by molar-refractivity contribution is 9.09. The summed E-state index contributed by atoms with van der Waals surface area (Å²) in [6.07, 6.45) is -0.883.